The van der Waals surface area contributed by atoms with Gasteiger partial charge in [0.1, 0.15) is 0 Å². The van der Waals surface area contributed by atoms with Crippen molar-refractivity contribution in [2.75, 3.05) is 20.1 Å². The van der Waals surface area contributed by atoms with Gasteiger partial charge in [-0.2, -0.15) is 0 Å². The van der Waals surface area contributed by atoms with Gasteiger partial charge in [-0.3, -0.25) is 4.79 Å². The molecule has 0 aromatic heterocycles. The predicted molar refractivity (Wildman–Crippen MR) is 39.7 cm³/mol. The monoisotopic (exact) mass is 142 g/mol. The van der Waals surface area contributed by atoms with Crippen LogP contribution in [0.3, 0.4) is 0 Å². The molecule has 10 heavy (non-hydrogen) atoms. The van der Waals surface area contributed by atoms with Crippen molar-refractivity contribution >= 4 is 5.91 Å². The van der Waals surface area contributed by atoms with Gasteiger partial charge in [-0.25, -0.2) is 0 Å². The zero-order valence-corrected chi connectivity index (χ0v) is 6.55. The Balaban J connectivity index is 2.51. The number of rotatable bonds is 1. The fourth-order valence-electron chi connectivity index (χ4n) is 1.19. The number of piperazine rings is 1. The maximum absolute atomic E-state index is 11.2. The molecular weight excluding hydrogens is 128 g/mol. The maximum atomic E-state index is 11.2. The molecule has 3 nitrogen and oxygen atoms in total. The molecule has 1 atom stereocenters. The average Bonchev–Trinajstić information content (AvgIpc) is 1.95. The molecule has 1 heterocycles. The molecule has 0 saturated carbocycles. The molecule has 0 aliphatic carbocycles. The summed E-state index contributed by atoms with van der Waals surface area (Å²) in [6, 6.07) is 0.0683. The van der Waals surface area contributed by atoms with E-state index in [9.17, 15) is 4.79 Å². The molecule has 0 unspecified atom stereocenters. The van der Waals surface area contributed by atoms with Gasteiger partial charge in [0.25, 0.3) is 0 Å². The average molecular weight is 142 g/mol. The summed E-state index contributed by atoms with van der Waals surface area (Å²) in [6.07, 6.45) is 0.892. The Morgan fingerprint density at radius 3 is 3.00 bits per heavy atom. The summed E-state index contributed by atoms with van der Waals surface area (Å²) in [5, 5.41) is 3.16. The molecular formula is C7H14N2O. The minimum absolute atomic E-state index is 0.0683. The lowest BCUT2D eigenvalue weighted by molar-refractivity contribution is -0.134. The van der Waals surface area contributed by atoms with Gasteiger partial charge in [-0.1, -0.05) is 6.92 Å². The van der Waals surface area contributed by atoms with Crippen molar-refractivity contribution in [3.63, 3.8) is 0 Å². The van der Waals surface area contributed by atoms with Gasteiger partial charge in [0.15, 0.2) is 0 Å². The second-order valence-corrected chi connectivity index (χ2v) is 2.67. The summed E-state index contributed by atoms with van der Waals surface area (Å²) >= 11 is 0. The van der Waals surface area contributed by atoms with Gasteiger partial charge >= 0.3 is 0 Å². The van der Waals surface area contributed by atoms with E-state index >= 15 is 0 Å². The first-order valence-electron chi connectivity index (χ1n) is 3.74. The van der Waals surface area contributed by atoms with E-state index in [1.54, 1.807) is 4.90 Å². The minimum Gasteiger partial charge on any atom is -0.343 e. The highest BCUT2D eigenvalue weighted by molar-refractivity contribution is 5.82. The Bertz CT molecular complexity index is 136. The number of likely N-dealkylation sites (N-methyl/N-ethyl adjacent to an activating group) is 1. The lowest BCUT2D eigenvalue weighted by Gasteiger charge is -2.29. The third-order valence-corrected chi connectivity index (χ3v) is 1.92. The molecule has 0 aromatic rings. The highest BCUT2D eigenvalue weighted by Gasteiger charge is 2.23. The highest BCUT2D eigenvalue weighted by atomic mass is 16.2. The molecule has 1 rings (SSSR count). The van der Waals surface area contributed by atoms with Crippen molar-refractivity contribution in [2.45, 2.75) is 19.4 Å². The van der Waals surface area contributed by atoms with Crippen molar-refractivity contribution in [1.29, 1.82) is 0 Å². The summed E-state index contributed by atoms with van der Waals surface area (Å²) in [5.41, 5.74) is 0. The molecule has 0 bridgehead atoms. The number of hydrogen-bond acceptors (Lipinski definition) is 2. The van der Waals surface area contributed by atoms with Crippen molar-refractivity contribution in [1.82, 2.24) is 10.2 Å². The quantitative estimate of drug-likeness (QED) is 0.551. The van der Waals surface area contributed by atoms with E-state index in [0.717, 1.165) is 19.5 Å². The van der Waals surface area contributed by atoms with Gasteiger partial charge in [-0.05, 0) is 6.42 Å². The Morgan fingerprint density at radius 1 is 1.80 bits per heavy atom. The molecule has 0 aromatic carbocycles. The maximum Gasteiger partial charge on any atom is 0.239 e. The molecule has 1 aliphatic rings. The van der Waals surface area contributed by atoms with Crippen LogP contribution in [0.2, 0.25) is 0 Å². The van der Waals surface area contributed by atoms with Crippen LogP contribution in [-0.4, -0.2) is 37.0 Å². The molecule has 1 fully saturated rings. The van der Waals surface area contributed by atoms with Crippen molar-refractivity contribution in [3.05, 3.63) is 0 Å². The number of nitrogens with zero attached hydrogens (tertiary/aromatic N) is 1. The second kappa shape index (κ2) is 3.01. The van der Waals surface area contributed by atoms with Gasteiger partial charge in [-0.15, -0.1) is 0 Å². The Labute approximate surface area is 61.4 Å². The molecule has 1 N–H and O–H groups in total. The third-order valence-electron chi connectivity index (χ3n) is 1.92. The number of carbonyl (C=O) groups is 1. The van der Waals surface area contributed by atoms with Crippen LogP contribution in [0, 0.1) is 0 Å². The molecule has 1 saturated heterocycles. The summed E-state index contributed by atoms with van der Waals surface area (Å²) in [5.74, 6) is 0.230. The standard InChI is InChI=1S/C7H14N2O/c1-3-6-7(10)9(2)5-4-8-6/h6,8H,3-5H2,1-2H3/t6-/m0/s1. The van der Waals surface area contributed by atoms with Crippen LogP contribution in [0.5, 0.6) is 0 Å². The molecule has 58 valence electrons. The first-order chi connectivity index (χ1) is 4.75. The van der Waals surface area contributed by atoms with Gasteiger partial charge in [0.2, 0.25) is 5.91 Å². The van der Waals surface area contributed by atoms with Gasteiger partial charge < -0.3 is 10.2 Å². The van der Waals surface area contributed by atoms with Crippen LogP contribution in [0.4, 0.5) is 0 Å². The SMILES string of the molecule is CC[C@@H]1NCCN(C)C1=O. The van der Waals surface area contributed by atoms with E-state index in [2.05, 4.69) is 5.32 Å². The summed E-state index contributed by atoms with van der Waals surface area (Å²) < 4.78 is 0. The minimum atomic E-state index is 0.0683. The lowest BCUT2D eigenvalue weighted by Crippen LogP contribution is -2.53. The van der Waals surface area contributed by atoms with Crippen LogP contribution in [0.1, 0.15) is 13.3 Å². The molecule has 1 aliphatic heterocycles. The third kappa shape index (κ3) is 1.29. The van der Waals surface area contributed by atoms with Crippen LogP contribution < -0.4 is 5.32 Å². The van der Waals surface area contributed by atoms with E-state index in [1.165, 1.54) is 0 Å². The highest BCUT2D eigenvalue weighted by Crippen LogP contribution is 2.00. The largest absolute Gasteiger partial charge is 0.343 e. The number of nitrogens with one attached hydrogen (secondary N) is 1. The summed E-state index contributed by atoms with van der Waals surface area (Å²) in [4.78, 5) is 13.0. The second-order valence-electron chi connectivity index (χ2n) is 2.67. The van der Waals surface area contributed by atoms with E-state index in [4.69, 9.17) is 0 Å². The predicted octanol–water partition coefficient (Wildman–Crippen LogP) is -0.173. The van der Waals surface area contributed by atoms with Crippen LogP contribution >= 0.6 is 0 Å². The fraction of sp³-hybridized carbons (Fsp3) is 0.857. The Hall–Kier alpha value is -0.570. The summed E-state index contributed by atoms with van der Waals surface area (Å²) in [7, 11) is 1.85. The number of carbonyl (C=O) groups excluding carboxylic acids is 1. The Kier molecular flexibility index (Phi) is 2.27. The lowest BCUT2D eigenvalue weighted by atomic mass is 10.1. The van der Waals surface area contributed by atoms with E-state index < -0.39 is 0 Å². The van der Waals surface area contributed by atoms with Crippen LogP contribution in [-0.2, 0) is 4.79 Å². The van der Waals surface area contributed by atoms with E-state index in [1.807, 2.05) is 14.0 Å². The van der Waals surface area contributed by atoms with E-state index in [0.29, 0.717) is 0 Å². The van der Waals surface area contributed by atoms with Crippen molar-refractivity contribution in [3.8, 4) is 0 Å². The van der Waals surface area contributed by atoms with Crippen molar-refractivity contribution < 1.29 is 4.79 Å². The number of amides is 1. The Morgan fingerprint density at radius 2 is 2.50 bits per heavy atom. The number of hydrogen-bond donors (Lipinski definition) is 1. The first kappa shape index (κ1) is 7.54. The fourth-order valence-corrected chi connectivity index (χ4v) is 1.19. The molecule has 1 amide bonds. The van der Waals surface area contributed by atoms with Crippen LogP contribution in [0.25, 0.3) is 0 Å². The van der Waals surface area contributed by atoms with E-state index in [-0.39, 0.29) is 11.9 Å². The van der Waals surface area contributed by atoms with Crippen LogP contribution in [0.15, 0.2) is 0 Å². The molecule has 3 heteroatoms. The smallest absolute Gasteiger partial charge is 0.239 e. The molecule has 0 spiro atoms. The van der Waals surface area contributed by atoms with Gasteiger partial charge in [0, 0.05) is 20.1 Å². The zero-order chi connectivity index (χ0) is 7.56. The van der Waals surface area contributed by atoms with Crippen molar-refractivity contribution in [2.24, 2.45) is 0 Å². The normalized spacial score (nSPS) is 27.2. The molecule has 0 radical (unpaired) electrons. The zero-order valence-electron chi connectivity index (χ0n) is 6.55. The first-order valence-corrected chi connectivity index (χ1v) is 3.74. The summed E-state index contributed by atoms with van der Waals surface area (Å²) in [6.45, 7) is 3.80. The topological polar surface area (TPSA) is 32.3 Å². The van der Waals surface area contributed by atoms with Gasteiger partial charge in [0.05, 0.1) is 6.04 Å².